The lowest BCUT2D eigenvalue weighted by atomic mass is 10.1. The molecule has 1 aromatic rings. The highest BCUT2D eigenvalue weighted by atomic mass is 16.3. The smallest absolute Gasteiger partial charge is 0.108 e. The van der Waals surface area contributed by atoms with Gasteiger partial charge in [0.2, 0.25) is 0 Å². The lowest BCUT2D eigenvalue weighted by Crippen LogP contribution is -2.28. The van der Waals surface area contributed by atoms with E-state index in [0.29, 0.717) is 0 Å². The van der Waals surface area contributed by atoms with Gasteiger partial charge in [-0.2, -0.15) is 5.10 Å². The molecular formula is C9H17N3O. The maximum atomic E-state index is 9.58. The predicted octanol–water partition coefficient (Wildman–Crippen LogP) is 0.630. The number of aliphatic hydroxyl groups is 1. The monoisotopic (exact) mass is 183 g/mol. The van der Waals surface area contributed by atoms with Crippen LogP contribution in [0.4, 0.5) is 0 Å². The van der Waals surface area contributed by atoms with Crippen LogP contribution in [0.15, 0.2) is 12.3 Å². The van der Waals surface area contributed by atoms with E-state index in [-0.39, 0.29) is 12.1 Å². The largest absolute Gasteiger partial charge is 0.385 e. The van der Waals surface area contributed by atoms with Crippen LogP contribution in [0.2, 0.25) is 0 Å². The van der Waals surface area contributed by atoms with Crippen LogP contribution >= 0.6 is 0 Å². The Morgan fingerprint density at radius 2 is 2.23 bits per heavy atom. The Kier molecular flexibility index (Phi) is 2.73. The second-order valence-corrected chi connectivity index (χ2v) is 4.09. The van der Waals surface area contributed by atoms with E-state index in [1.165, 1.54) is 0 Å². The number of aromatic nitrogens is 2. The molecule has 3 N–H and O–H groups in total. The zero-order valence-electron chi connectivity index (χ0n) is 8.36. The van der Waals surface area contributed by atoms with Crippen molar-refractivity contribution in [1.29, 1.82) is 0 Å². The molecule has 0 aliphatic rings. The van der Waals surface area contributed by atoms with E-state index in [1.54, 1.807) is 16.9 Å². The molecule has 1 atom stereocenters. The van der Waals surface area contributed by atoms with E-state index in [1.807, 2.05) is 20.8 Å². The highest BCUT2D eigenvalue weighted by Crippen LogP contribution is 2.19. The number of hydrogen-bond acceptors (Lipinski definition) is 3. The molecule has 0 saturated heterocycles. The molecular weight excluding hydrogens is 166 g/mol. The molecule has 13 heavy (non-hydrogen) atoms. The van der Waals surface area contributed by atoms with Crippen molar-refractivity contribution in [2.75, 3.05) is 6.54 Å². The molecule has 4 nitrogen and oxygen atoms in total. The summed E-state index contributed by atoms with van der Waals surface area (Å²) in [6.45, 7) is 6.33. The van der Waals surface area contributed by atoms with Gasteiger partial charge in [0.15, 0.2) is 0 Å². The van der Waals surface area contributed by atoms with E-state index in [9.17, 15) is 5.11 Å². The molecule has 0 radical (unpaired) electrons. The molecule has 0 amide bonds. The molecule has 74 valence electrons. The van der Waals surface area contributed by atoms with Gasteiger partial charge in [-0.1, -0.05) is 0 Å². The third-order valence-corrected chi connectivity index (χ3v) is 1.87. The average molecular weight is 183 g/mol. The molecule has 1 rings (SSSR count). The van der Waals surface area contributed by atoms with Gasteiger partial charge >= 0.3 is 0 Å². The fourth-order valence-corrected chi connectivity index (χ4v) is 1.25. The molecule has 4 heteroatoms. The zero-order chi connectivity index (χ0) is 10.1. The summed E-state index contributed by atoms with van der Waals surface area (Å²) >= 11 is 0. The van der Waals surface area contributed by atoms with E-state index in [4.69, 9.17) is 5.73 Å². The van der Waals surface area contributed by atoms with Crippen molar-refractivity contribution in [2.45, 2.75) is 32.4 Å². The number of nitrogens with two attached hydrogens (primary N) is 1. The van der Waals surface area contributed by atoms with Gasteiger partial charge in [0.05, 0.1) is 11.2 Å². The van der Waals surface area contributed by atoms with E-state index in [2.05, 4.69) is 5.10 Å². The molecule has 0 bridgehead atoms. The van der Waals surface area contributed by atoms with Gasteiger partial charge in [0, 0.05) is 12.7 Å². The summed E-state index contributed by atoms with van der Waals surface area (Å²) in [5.74, 6) is 0. The fraction of sp³-hybridized carbons (Fsp3) is 0.667. The molecule has 0 saturated carbocycles. The Morgan fingerprint density at radius 3 is 2.69 bits per heavy atom. The number of nitrogens with zero attached hydrogens (tertiary/aromatic N) is 2. The van der Waals surface area contributed by atoms with Crippen LogP contribution in [-0.2, 0) is 5.54 Å². The molecule has 1 heterocycles. The summed E-state index contributed by atoms with van der Waals surface area (Å²) in [7, 11) is 0. The van der Waals surface area contributed by atoms with E-state index >= 15 is 0 Å². The number of hydrogen-bond donors (Lipinski definition) is 2. The number of rotatable bonds is 2. The minimum Gasteiger partial charge on any atom is -0.385 e. The quantitative estimate of drug-likeness (QED) is 0.707. The summed E-state index contributed by atoms with van der Waals surface area (Å²) in [4.78, 5) is 0. The van der Waals surface area contributed by atoms with Crippen molar-refractivity contribution in [3.05, 3.63) is 18.0 Å². The van der Waals surface area contributed by atoms with Gasteiger partial charge < -0.3 is 10.8 Å². The Morgan fingerprint density at radius 1 is 1.62 bits per heavy atom. The Balaban J connectivity index is 3.03. The fourth-order valence-electron chi connectivity index (χ4n) is 1.25. The van der Waals surface area contributed by atoms with Gasteiger partial charge in [-0.3, -0.25) is 4.68 Å². The van der Waals surface area contributed by atoms with E-state index < -0.39 is 6.10 Å². The van der Waals surface area contributed by atoms with Crippen LogP contribution in [0.1, 0.15) is 32.6 Å². The van der Waals surface area contributed by atoms with Crippen molar-refractivity contribution in [3.63, 3.8) is 0 Å². The first-order valence-electron chi connectivity index (χ1n) is 4.39. The van der Waals surface area contributed by atoms with Crippen LogP contribution in [0, 0.1) is 0 Å². The maximum absolute atomic E-state index is 9.58. The number of aliphatic hydroxyl groups excluding tert-OH is 1. The van der Waals surface area contributed by atoms with Gasteiger partial charge in [0.25, 0.3) is 0 Å². The summed E-state index contributed by atoms with van der Waals surface area (Å²) < 4.78 is 1.80. The Labute approximate surface area is 78.4 Å². The zero-order valence-corrected chi connectivity index (χ0v) is 8.36. The normalized spacial score (nSPS) is 14.5. The van der Waals surface area contributed by atoms with Crippen LogP contribution in [-0.4, -0.2) is 21.4 Å². The summed E-state index contributed by atoms with van der Waals surface area (Å²) in [5, 5.41) is 13.7. The lowest BCUT2D eigenvalue weighted by molar-refractivity contribution is 0.164. The minimum atomic E-state index is -0.623. The topological polar surface area (TPSA) is 64.1 Å². The average Bonchev–Trinajstić information content (AvgIpc) is 2.49. The van der Waals surface area contributed by atoms with Gasteiger partial charge in [-0.25, -0.2) is 0 Å². The molecule has 1 aromatic heterocycles. The SMILES string of the molecule is CC(C)(C)n1nccc1C(O)CN. The molecule has 0 spiro atoms. The molecule has 0 aliphatic heterocycles. The van der Waals surface area contributed by atoms with Crippen LogP contribution in [0.25, 0.3) is 0 Å². The molecule has 0 aliphatic carbocycles. The van der Waals surface area contributed by atoms with E-state index in [0.717, 1.165) is 5.69 Å². The second-order valence-electron chi connectivity index (χ2n) is 4.09. The van der Waals surface area contributed by atoms with Crippen LogP contribution in [0.3, 0.4) is 0 Å². The molecule has 0 aromatic carbocycles. The predicted molar refractivity (Wildman–Crippen MR) is 51.2 cm³/mol. The molecule has 0 fully saturated rings. The summed E-state index contributed by atoms with van der Waals surface area (Å²) in [6.07, 6.45) is 1.06. The second kappa shape index (κ2) is 3.47. The van der Waals surface area contributed by atoms with Crippen LogP contribution in [0.5, 0.6) is 0 Å². The summed E-state index contributed by atoms with van der Waals surface area (Å²) in [6, 6.07) is 1.79. The van der Waals surface area contributed by atoms with Gasteiger partial charge in [0.1, 0.15) is 6.10 Å². The van der Waals surface area contributed by atoms with Crippen molar-refractivity contribution >= 4 is 0 Å². The van der Waals surface area contributed by atoms with Crippen molar-refractivity contribution in [3.8, 4) is 0 Å². The van der Waals surface area contributed by atoms with Gasteiger partial charge in [-0.05, 0) is 26.8 Å². The van der Waals surface area contributed by atoms with Crippen molar-refractivity contribution < 1.29 is 5.11 Å². The Hall–Kier alpha value is -0.870. The molecule has 1 unspecified atom stereocenters. The third-order valence-electron chi connectivity index (χ3n) is 1.87. The van der Waals surface area contributed by atoms with Crippen LogP contribution < -0.4 is 5.73 Å². The standard InChI is InChI=1S/C9H17N3O/c1-9(2,3)12-7(4-5-11-12)8(13)6-10/h4-5,8,13H,6,10H2,1-3H3. The lowest BCUT2D eigenvalue weighted by Gasteiger charge is -2.23. The van der Waals surface area contributed by atoms with Crippen molar-refractivity contribution in [2.24, 2.45) is 5.73 Å². The first kappa shape index (κ1) is 10.2. The first-order chi connectivity index (χ1) is 5.96. The minimum absolute atomic E-state index is 0.116. The highest BCUT2D eigenvalue weighted by molar-refractivity contribution is 5.07. The maximum Gasteiger partial charge on any atom is 0.108 e. The van der Waals surface area contributed by atoms with Crippen molar-refractivity contribution in [1.82, 2.24) is 9.78 Å². The summed E-state index contributed by atoms with van der Waals surface area (Å²) in [5.41, 5.74) is 6.04. The van der Waals surface area contributed by atoms with Gasteiger partial charge in [-0.15, -0.1) is 0 Å². The Bertz CT molecular complexity index is 275. The first-order valence-corrected chi connectivity index (χ1v) is 4.39. The third kappa shape index (κ3) is 2.08. The highest BCUT2D eigenvalue weighted by Gasteiger charge is 2.20.